The molecule has 0 aromatic heterocycles. The zero-order chi connectivity index (χ0) is 7.40. The average Bonchev–Trinajstić information content (AvgIpc) is 1.94. The summed E-state index contributed by atoms with van der Waals surface area (Å²) in [5.74, 6) is 0. The van der Waals surface area contributed by atoms with E-state index in [2.05, 4.69) is 11.9 Å². The van der Waals surface area contributed by atoms with Gasteiger partial charge in [-0.1, -0.05) is 30.3 Å². The van der Waals surface area contributed by atoms with Gasteiger partial charge in [-0.2, -0.15) is 0 Å². The van der Waals surface area contributed by atoms with Crippen molar-refractivity contribution in [3.8, 4) is 0 Å². The monoisotopic (exact) mass is 153 g/mol. The van der Waals surface area contributed by atoms with Crippen molar-refractivity contribution in [2.45, 2.75) is 0 Å². The summed E-state index contributed by atoms with van der Waals surface area (Å²) in [7, 11) is 0. The molecule has 1 aromatic carbocycles. The van der Waals surface area contributed by atoms with Crippen molar-refractivity contribution in [1.29, 1.82) is 0 Å². The largest absolute Gasteiger partial charge is 0.361 e. The highest BCUT2D eigenvalue weighted by Crippen LogP contribution is 2.19. The number of halogens is 1. The summed E-state index contributed by atoms with van der Waals surface area (Å²) >= 11 is 5.79. The summed E-state index contributed by atoms with van der Waals surface area (Å²) in [6.45, 7) is 3.53. The minimum Gasteiger partial charge on any atom is -0.361 e. The van der Waals surface area contributed by atoms with Crippen LogP contribution in [0.1, 0.15) is 0 Å². The first-order valence-electron chi connectivity index (χ1n) is 2.96. The van der Waals surface area contributed by atoms with Gasteiger partial charge in [-0.05, 0) is 18.3 Å². The second-order valence-corrected chi connectivity index (χ2v) is 2.24. The first kappa shape index (κ1) is 7.16. The van der Waals surface area contributed by atoms with Gasteiger partial charge in [0.25, 0.3) is 0 Å². The quantitative estimate of drug-likeness (QED) is 0.689. The molecule has 1 aromatic rings. The molecular weight excluding hydrogens is 146 g/mol. The van der Waals surface area contributed by atoms with Crippen molar-refractivity contribution in [1.82, 2.24) is 0 Å². The van der Waals surface area contributed by atoms with Gasteiger partial charge in [-0.15, -0.1) is 0 Å². The fourth-order valence-corrected chi connectivity index (χ4v) is 0.879. The highest BCUT2D eigenvalue weighted by molar-refractivity contribution is 6.33. The third-order valence-electron chi connectivity index (χ3n) is 1.13. The molecule has 0 radical (unpaired) electrons. The van der Waals surface area contributed by atoms with Gasteiger partial charge in [0.2, 0.25) is 0 Å². The van der Waals surface area contributed by atoms with E-state index in [1.165, 1.54) is 0 Å². The fourth-order valence-electron chi connectivity index (χ4n) is 0.688. The van der Waals surface area contributed by atoms with Crippen molar-refractivity contribution in [2.24, 2.45) is 0 Å². The molecule has 0 saturated carbocycles. The predicted octanol–water partition coefficient (Wildman–Crippen LogP) is 2.90. The molecule has 0 bridgehead atoms. The van der Waals surface area contributed by atoms with E-state index in [-0.39, 0.29) is 0 Å². The Morgan fingerprint density at radius 3 is 2.70 bits per heavy atom. The van der Waals surface area contributed by atoms with Crippen LogP contribution in [-0.2, 0) is 0 Å². The van der Waals surface area contributed by atoms with Gasteiger partial charge in [0, 0.05) is 0 Å². The van der Waals surface area contributed by atoms with Crippen LogP contribution < -0.4 is 5.32 Å². The van der Waals surface area contributed by atoms with E-state index < -0.39 is 0 Å². The summed E-state index contributed by atoms with van der Waals surface area (Å²) in [5, 5.41) is 3.62. The molecule has 0 fully saturated rings. The molecule has 0 atom stereocenters. The van der Waals surface area contributed by atoms with E-state index in [4.69, 9.17) is 11.6 Å². The first-order valence-corrected chi connectivity index (χ1v) is 3.34. The molecule has 10 heavy (non-hydrogen) atoms. The van der Waals surface area contributed by atoms with E-state index in [0.29, 0.717) is 5.02 Å². The van der Waals surface area contributed by atoms with Crippen molar-refractivity contribution >= 4 is 17.3 Å². The Balaban J connectivity index is 2.91. The number of nitrogens with one attached hydrogen (secondary N) is 1. The third-order valence-corrected chi connectivity index (χ3v) is 1.46. The van der Waals surface area contributed by atoms with E-state index in [0.717, 1.165) is 5.69 Å². The van der Waals surface area contributed by atoms with E-state index >= 15 is 0 Å². The molecule has 0 spiro atoms. The molecule has 1 nitrogen and oxygen atoms in total. The Kier molecular flexibility index (Phi) is 2.35. The highest BCUT2D eigenvalue weighted by atomic mass is 35.5. The molecule has 0 amide bonds. The molecule has 0 aliphatic carbocycles. The van der Waals surface area contributed by atoms with Crippen molar-refractivity contribution in [3.63, 3.8) is 0 Å². The maximum absolute atomic E-state index is 5.79. The van der Waals surface area contributed by atoms with Gasteiger partial charge in [-0.3, -0.25) is 0 Å². The zero-order valence-corrected chi connectivity index (χ0v) is 6.23. The van der Waals surface area contributed by atoms with Crippen LogP contribution in [0.2, 0.25) is 5.02 Å². The minimum atomic E-state index is 0.711. The van der Waals surface area contributed by atoms with Crippen molar-refractivity contribution < 1.29 is 0 Å². The van der Waals surface area contributed by atoms with Gasteiger partial charge in [0.15, 0.2) is 0 Å². The summed E-state index contributed by atoms with van der Waals surface area (Å²) in [6, 6.07) is 7.52. The molecule has 0 aliphatic rings. The first-order chi connectivity index (χ1) is 4.84. The van der Waals surface area contributed by atoms with Crippen LogP contribution in [0.15, 0.2) is 37.0 Å². The minimum absolute atomic E-state index is 0.711. The Morgan fingerprint density at radius 2 is 2.10 bits per heavy atom. The summed E-state index contributed by atoms with van der Waals surface area (Å²) in [5.41, 5.74) is 0.888. The molecule has 0 aliphatic heterocycles. The Bertz CT molecular complexity index is 232. The van der Waals surface area contributed by atoms with Crippen LogP contribution in [0.3, 0.4) is 0 Å². The van der Waals surface area contributed by atoms with E-state index in [9.17, 15) is 0 Å². The molecular formula is C8H8ClN. The summed E-state index contributed by atoms with van der Waals surface area (Å²) < 4.78 is 0. The molecule has 1 rings (SSSR count). The standard InChI is InChI=1S/C8H8ClN/c1-2-10-8-6-4-3-5-7(8)9/h2-6,10H,1H2. The normalized spacial score (nSPS) is 8.90. The molecule has 1 N–H and O–H groups in total. The van der Waals surface area contributed by atoms with Gasteiger partial charge < -0.3 is 5.32 Å². The average molecular weight is 154 g/mol. The number of para-hydroxylation sites is 1. The van der Waals surface area contributed by atoms with Crippen LogP contribution in [-0.4, -0.2) is 0 Å². The van der Waals surface area contributed by atoms with E-state index in [1.54, 1.807) is 6.20 Å². The molecule has 0 heterocycles. The van der Waals surface area contributed by atoms with E-state index in [1.807, 2.05) is 24.3 Å². The molecule has 0 saturated heterocycles. The van der Waals surface area contributed by atoms with Gasteiger partial charge in [-0.25, -0.2) is 0 Å². The summed E-state index contributed by atoms with van der Waals surface area (Å²) in [4.78, 5) is 0. The van der Waals surface area contributed by atoms with Crippen molar-refractivity contribution in [3.05, 3.63) is 42.1 Å². The Morgan fingerprint density at radius 1 is 1.40 bits per heavy atom. The lowest BCUT2D eigenvalue weighted by atomic mass is 10.3. The predicted molar refractivity (Wildman–Crippen MR) is 45.3 cm³/mol. The zero-order valence-electron chi connectivity index (χ0n) is 5.47. The van der Waals surface area contributed by atoms with Crippen molar-refractivity contribution in [2.75, 3.05) is 5.32 Å². The number of hydrogen-bond acceptors (Lipinski definition) is 1. The van der Waals surface area contributed by atoms with Crippen LogP contribution in [0, 0.1) is 0 Å². The van der Waals surface area contributed by atoms with Gasteiger partial charge >= 0.3 is 0 Å². The van der Waals surface area contributed by atoms with Crippen LogP contribution in [0.25, 0.3) is 0 Å². The maximum atomic E-state index is 5.79. The SMILES string of the molecule is C=CNc1ccccc1Cl. The Hall–Kier alpha value is -0.950. The van der Waals surface area contributed by atoms with Crippen LogP contribution >= 0.6 is 11.6 Å². The van der Waals surface area contributed by atoms with Gasteiger partial charge in [0.1, 0.15) is 0 Å². The lowest BCUT2D eigenvalue weighted by Gasteiger charge is -2.00. The van der Waals surface area contributed by atoms with Crippen LogP contribution in [0.5, 0.6) is 0 Å². The number of anilines is 1. The lowest BCUT2D eigenvalue weighted by molar-refractivity contribution is 1.59. The number of rotatable bonds is 2. The third kappa shape index (κ3) is 1.52. The highest BCUT2D eigenvalue weighted by Gasteiger charge is 1.92. The molecule has 0 unspecified atom stereocenters. The lowest BCUT2D eigenvalue weighted by Crippen LogP contribution is -1.85. The maximum Gasteiger partial charge on any atom is 0.0640 e. The molecule has 2 heteroatoms. The Labute approximate surface area is 65.3 Å². The number of benzene rings is 1. The summed E-state index contributed by atoms with van der Waals surface area (Å²) in [6.07, 6.45) is 1.60. The number of hydrogen-bond donors (Lipinski definition) is 1. The second kappa shape index (κ2) is 3.28. The molecule has 52 valence electrons. The fraction of sp³-hybridized carbons (Fsp3) is 0. The second-order valence-electron chi connectivity index (χ2n) is 1.83. The smallest absolute Gasteiger partial charge is 0.0640 e. The van der Waals surface area contributed by atoms with Gasteiger partial charge in [0.05, 0.1) is 10.7 Å². The van der Waals surface area contributed by atoms with Crippen LogP contribution in [0.4, 0.5) is 5.69 Å². The topological polar surface area (TPSA) is 12.0 Å².